The van der Waals surface area contributed by atoms with Crippen LogP contribution < -0.4 is 9.47 Å². The Hall–Kier alpha value is -1.22. The summed E-state index contributed by atoms with van der Waals surface area (Å²) < 4.78 is 16.3. The molecule has 0 N–H and O–H groups in total. The van der Waals surface area contributed by atoms with Gasteiger partial charge in [-0.15, -0.1) is 0 Å². The first-order chi connectivity index (χ1) is 8.83. The first-order valence-corrected chi connectivity index (χ1v) is 6.61. The van der Waals surface area contributed by atoms with Crippen molar-refractivity contribution < 1.29 is 14.2 Å². The molecule has 0 amide bonds. The third-order valence-electron chi connectivity index (χ3n) is 2.92. The summed E-state index contributed by atoms with van der Waals surface area (Å²) in [7, 11) is 3.33. The number of benzene rings is 1. The van der Waals surface area contributed by atoms with E-state index in [9.17, 15) is 0 Å². The molecule has 0 spiro atoms. The van der Waals surface area contributed by atoms with Crippen molar-refractivity contribution in [1.82, 2.24) is 0 Å². The summed E-state index contributed by atoms with van der Waals surface area (Å²) in [6, 6.07) is 5.78. The average molecular weight is 252 g/mol. The van der Waals surface area contributed by atoms with Gasteiger partial charge in [0.15, 0.2) is 0 Å². The standard InChI is InChI=1S/C15H24O3/c1-4-5-6-7-11-18-12-13-14(16-2)9-8-10-15(13)17-3/h8-10H,4-7,11-12H2,1-3H3. The molecule has 1 aromatic rings. The lowest BCUT2D eigenvalue weighted by molar-refractivity contribution is 0.113. The number of methoxy groups -OCH3 is 2. The third-order valence-corrected chi connectivity index (χ3v) is 2.92. The molecular weight excluding hydrogens is 228 g/mol. The van der Waals surface area contributed by atoms with Gasteiger partial charge in [-0.05, 0) is 18.6 Å². The van der Waals surface area contributed by atoms with Crippen LogP contribution in [0.25, 0.3) is 0 Å². The lowest BCUT2D eigenvalue weighted by atomic mass is 10.2. The normalized spacial score (nSPS) is 10.4. The Balaban J connectivity index is 2.45. The van der Waals surface area contributed by atoms with Crippen LogP contribution in [-0.4, -0.2) is 20.8 Å². The molecule has 0 aliphatic carbocycles. The van der Waals surface area contributed by atoms with Gasteiger partial charge < -0.3 is 14.2 Å². The predicted octanol–water partition coefficient (Wildman–Crippen LogP) is 3.80. The van der Waals surface area contributed by atoms with E-state index in [0.29, 0.717) is 6.61 Å². The fraction of sp³-hybridized carbons (Fsp3) is 0.600. The summed E-state index contributed by atoms with van der Waals surface area (Å²) in [4.78, 5) is 0. The smallest absolute Gasteiger partial charge is 0.128 e. The molecular formula is C15H24O3. The van der Waals surface area contributed by atoms with E-state index in [1.165, 1.54) is 19.3 Å². The minimum absolute atomic E-state index is 0.541. The van der Waals surface area contributed by atoms with E-state index in [1.54, 1.807) is 14.2 Å². The highest BCUT2D eigenvalue weighted by Crippen LogP contribution is 2.28. The van der Waals surface area contributed by atoms with Gasteiger partial charge >= 0.3 is 0 Å². The average Bonchev–Trinajstić information content (AvgIpc) is 2.42. The van der Waals surface area contributed by atoms with Crippen LogP contribution in [0.1, 0.15) is 38.2 Å². The zero-order chi connectivity index (χ0) is 13.2. The highest BCUT2D eigenvalue weighted by atomic mass is 16.5. The summed E-state index contributed by atoms with van der Waals surface area (Å²) in [5, 5.41) is 0. The molecule has 1 aromatic carbocycles. The number of hydrogen-bond donors (Lipinski definition) is 0. The minimum atomic E-state index is 0.541. The Morgan fingerprint density at radius 1 is 0.944 bits per heavy atom. The molecule has 0 unspecified atom stereocenters. The monoisotopic (exact) mass is 252 g/mol. The Kier molecular flexibility index (Phi) is 7.26. The molecule has 0 aliphatic rings. The number of unbranched alkanes of at least 4 members (excludes halogenated alkanes) is 3. The summed E-state index contributed by atoms with van der Waals surface area (Å²) in [6.45, 7) is 3.54. The quantitative estimate of drug-likeness (QED) is 0.626. The maximum Gasteiger partial charge on any atom is 0.128 e. The molecule has 3 nitrogen and oxygen atoms in total. The first-order valence-electron chi connectivity index (χ1n) is 6.61. The molecule has 3 heteroatoms. The Morgan fingerprint density at radius 3 is 2.17 bits per heavy atom. The fourth-order valence-electron chi connectivity index (χ4n) is 1.88. The summed E-state index contributed by atoms with van der Waals surface area (Å²) in [5.74, 6) is 1.64. The van der Waals surface area contributed by atoms with Crippen molar-refractivity contribution >= 4 is 0 Å². The van der Waals surface area contributed by atoms with Gasteiger partial charge in [0.2, 0.25) is 0 Å². The second-order valence-electron chi connectivity index (χ2n) is 4.25. The van der Waals surface area contributed by atoms with Crippen molar-refractivity contribution in [2.75, 3.05) is 20.8 Å². The molecule has 0 aliphatic heterocycles. The molecule has 1 rings (SSSR count). The molecule has 0 atom stereocenters. The van der Waals surface area contributed by atoms with Gasteiger partial charge in [-0.1, -0.05) is 32.3 Å². The minimum Gasteiger partial charge on any atom is -0.496 e. The van der Waals surface area contributed by atoms with Crippen molar-refractivity contribution in [1.29, 1.82) is 0 Å². The van der Waals surface area contributed by atoms with Crippen LogP contribution in [-0.2, 0) is 11.3 Å². The van der Waals surface area contributed by atoms with Crippen LogP contribution in [0.4, 0.5) is 0 Å². The van der Waals surface area contributed by atoms with Gasteiger partial charge in [0.05, 0.1) is 26.4 Å². The molecule has 0 aromatic heterocycles. The predicted molar refractivity (Wildman–Crippen MR) is 73.3 cm³/mol. The Morgan fingerprint density at radius 2 is 1.61 bits per heavy atom. The van der Waals surface area contributed by atoms with Crippen LogP contribution >= 0.6 is 0 Å². The molecule has 0 saturated carbocycles. The van der Waals surface area contributed by atoms with Crippen molar-refractivity contribution in [3.05, 3.63) is 23.8 Å². The van der Waals surface area contributed by atoms with E-state index in [2.05, 4.69) is 6.92 Å². The number of hydrogen-bond acceptors (Lipinski definition) is 3. The fourth-order valence-corrected chi connectivity index (χ4v) is 1.88. The van der Waals surface area contributed by atoms with E-state index in [4.69, 9.17) is 14.2 Å². The molecule has 0 heterocycles. The van der Waals surface area contributed by atoms with Crippen molar-refractivity contribution in [2.45, 2.75) is 39.2 Å². The van der Waals surface area contributed by atoms with Gasteiger partial charge in [-0.25, -0.2) is 0 Å². The van der Waals surface area contributed by atoms with Crippen molar-refractivity contribution in [3.8, 4) is 11.5 Å². The van der Waals surface area contributed by atoms with Crippen molar-refractivity contribution in [3.63, 3.8) is 0 Å². The highest BCUT2D eigenvalue weighted by Gasteiger charge is 2.09. The van der Waals surface area contributed by atoms with Gasteiger partial charge in [0.25, 0.3) is 0 Å². The highest BCUT2D eigenvalue weighted by molar-refractivity contribution is 5.44. The molecule has 0 radical (unpaired) electrons. The number of rotatable bonds is 9. The SMILES string of the molecule is CCCCCCOCc1c(OC)cccc1OC. The Labute approximate surface area is 110 Å². The van der Waals surface area contributed by atoms with E-state index in [-0.39, 0.29) is 0 Å². The Bertz CT molecular complexity index is 314. The summed E-state index contributed by atoms with van der Waals surface area (Å²) in [5.41, 5.74) is 0.984. The van der Waals surface area contributed by atoms with Crippen LogP contribution in [0, 0.1) is 0 Å². The number of ether oxygens (including phenoxy) is 3. The zero-order valence-corrected chi connectivity index (χ0v) is 11.7. The molecule has 0 saturated heterocycles. The summed E-state index contributed by atoms with van der Waals surface area (Å²) in [6.07, 6.45) is 4.88. The van der Waals surface area contributed by atoms with Crippen LogP contribution in [0.3, 0.4) is 0 Å². The molecule has 0 fully saturated rings. The molecule has 102 valence electrons. The van der Waals surface area contributed by atoms with Crippen LogP contribution in [0.2, 0.25) is 0 Å². The second kappa shape index (κ2) is 8.81. The lowest BCUT2D eigenvalue weighted by Crippen LogP contribution is -2.01. The summed E-state index contributed by atoms with van der Waals surface area (Å²) >= 11 is 0. The molecule has 18 heavy (non-hydrogen) atoms. The van der Waals surface area contributed by atoms with Crippen LogP contribution in [0.5, 0.6) is 11.5 Å². The maximum atomic E-state index is 5.69. The van der Waals surface area contributed by atoms with E-state index >= 15 is 0 Å². The topological polar surface area (TPSA) is 27.7 Å². The molecule has 0 bridgehead atoms. The van der Waals surface area contributed by atoms with Crippen molar-refractivity contribution in [2.24, 2.45) is 0 Å². The zero-order valence-electron chi connectivity index (χ0n) is 11.7. The maximum absolute atomic E-state index is 5.69. The van der Waals surface area contributed by atoms with E-state index in [0.717, 1.165) is 30.1 Å². The second-order valence-corrected chi connectivity index (χ2v) is 4.25. The van der Waals surface area contributed by atoms with Gasteiger partial charge in [-0.2, -0.15) is 0 Å². The lowest BCUT2D eigenvalue weighted by Gasteiger charge is -2.13. The first kappa shape index (κ1) is 14.8. The van der Waals surface area contributed by atoms with E-state index < -0.39 is 0 Å². The largest absolute Gasteiger partial charge is 0.496 e. The van der Waals surface area contributed by atoms with Gasteiger partial charge in [0, 0.05) is 6.61 Å². The van der Waals surface area contributed by atoms with Crippen LogP contribution in [0.15, 0.2) is 18.2 Å². The third kappa shape index (κ3) is 4.57. The van der Waals surface area contributed by atoms with Gasteiger partial charge in [-0.3, -0.25) is 0 Å². The van der Waals surface area contributed by atoms with E-state index in [1.807, 2.05) is 18.2 Å². The van der Waals surface area contributed by atoms with Gasteiger partial charge in [0.1, 0.15) is 11.5 Å².